The Bertz CT molecular complexity index is 2330. The molecule has 6 aromatic rings. The summed E-state index contributed by atoms with van der Waals surface area (Å²) in [5.74, 6) is 0. The van der Waals surface area contributed by atoms with Gasteiger partial charge in [0.05, 0.1) is 42.6 Å². The van der Waals surface area contributed by atoms with Crippen LogP contribution in [0, 0.1) is 5.41 Å². The van der Waals surface area contributed by atoms with Gasteiger partial charge in [0, 0.05) is 120 Å². The summed E-state index contributed by atoms with van der Waals surface area (Å²) in [7, 11) is 3.80. The predicted molar refractivity (Wildman–Crippen MR) is 229 cm³/mol. The zero-order valence-corrected chi connectivity index (χ0v) is 36.2. The molecule has 0 unspecified atom stereocenters. The van der Waals surface area contributed by atoms with Crippen molar-refractivity contribution in [1.29, 1.82) is 0 Å². The topological polar surface area (TPSA) is 149 Å². The second-order valence-electron chi connectivity index (χ2n) is 16.8. The van der Waals surface area contributed by atoms with Gasteiger partial charge in [-0.2, -0.15) is 20.4 Å². The smallest absolute Gasteiger partial charge is 0.410 e. The fourth-order valence-corrected chi connectivity index (χ4v) is 6.72. The molecule has 0 aliphatic carbocycles. The van der Waals surface area contributed by atoms with E-state index in [0.717, 1.165) is 57.9 Å². The number of carbonyl (C=O) groups is 2. The lowest BCUT2D eigenvalue weighted by molar-refractivity contribution is 0.0240. The first-order valence-electron chi connectivity index (χ1n) is 20.3. The second kappa shape index (κ2) is 17.8. The van der Waals surface area contributed by atoms with Gasteiger partial charge in [-0.15, -0.1) is 0 Å². The molecular formula is C42H59N13O4. The Labute approximate surface area is 346 Å². The van der Waals surface area contributed by atoms with Gasteiger partial charge >= 0.3 is 12.2 Å². The lowest BCUT2D eigenvalue weighted by atomic mass is 9.99. The van der Waals surface area contributed by atoms with Gasteiger partial charge in [-0.05, 0) is 32.3 Å². The summed E-state index contributed by atoms with van der Waals surface area (Å²) < 4.78 is 18.2. The van der Waals surface area contributed by atoms with Crippen molar-refractivity contribution in [3.05, 3.63) is 67.9 Å². The molecule has 8 heterocycles. The molecule has 2 amide bonds. The molecule has 2 saturated heterocycles. The summed E-state index contributed by atoms with van der Waals surface area (Å²) >= 11 is 0. The first-order valence-corrected chi connectivity index (χ1v) is 20.3. The highest BCUT2D eigenvalue weighted by molar-refractivity contribution is 5.76. The van der Waals surface area contributed by atoms with Crippen LogP contribution in [0.15, 0.2) is 67.9 Å². The molecule has 0 aromatic carbocycles. The Morgan fingerprint density at radius 3 is 1.66 bits per heavy atom. The highest BCUT2D eigenvalue weighted by Gasteiger charge is 2.28. The zero-order valence-electron chi connectivity index (χ0n) is 36.2. The minimum Gasteiger partial charge on any atom is -0.449 e. The van der Waals surface area contributed by atoms with Gasteiger partial charge in [-0.1, -0.05) is 40.7 Å². The molecule has 0 saturated carbocycles. The summed E-state index contributed by atoms with van der Waals surface area (Å²) in [4.78, 5) is 37.2. The van der Waals surface area contributed by atoms with E-state index in [0.29, 0.717) is 45.9 Å². The molecule has 17 nitrogen and oxygen atoms in total. The largest absolute Gasteiger partial charge is 0.449 e. The molecule has 17 heteroatoms. The normalized spacial score (nSPS) is 14.8. The lowest BCUT2D eigenvalue weighted by Gasteiger charge is -2.36. The Kier molecular flexibility index (Phi) is 12.8. The molecule has 0 bridgehead atoms. The van der Waals surface area contributed by atoms with E-state index in [1.54, 1.807) is 23.7 Å². The Morgan fingerprint density at radius 1 is 0.593 bits per heavy atom. The van der Waals surface area contributed by atoms with Crippen molar-refractivity contribution in [2.24, 2.45) is 19.5 Å². The first kappa shape index (κ1) is 42.5. The van der Waals surface area contributed by atoms with E-state index in [1.807, 2.05) is 109 Å². The van der Waals surface area contributed by atoms with Gasteiger partial charge in [0.2, 0.25) is 0 Å². The number of aromatic nitrogens is 9. The average Bonchev–Trinajstić information content (AvgIpc) is 4.04. The molecule has 316 valence electrons. The zero-order chi connectivity index (χ0) is 42.5. The third-order valence-electron chi connectivity index (χ3n) is 9.69. The van der Waals surface area contributed by atoms with E-state index in [1.165, 1.54) is 0 Å². The number of fused-ring (bicyclic) bond motifs is 2. The maximum absolute atomic E-state index is 12.3. The van der Waals surface area contributed by atoms with Crippen LogP contribution >= 0.6 is 0 Å². The highest BCUT2D eigenvalue weighted by atomic mass is 16.6. The molecule has 6 aromatic heterocycles. The van der Waals surface area contributed by atoms with Crippen molar-refractivity contribution in [1.82, 2.24) is 53.6 Å². The van der Waals surface area contributed by atoms with Crippen molar-refractivity contribution in [3.8, 4) is 22.3 Å². The number of pyridine rings is 1. The fourth-order valence-electron chi connectivity index (χ4n) is 6.72. The molecule has 2 aliphatic heterocycles. The number of amides is 2. The minimum atomic E-state index is -0.480. The Morgan fingerprint density at radius 2 is 1.10 bits per heavy atom. The minimum absolute atomic E-state index is 0.0246. The van der Waals surface area contributed by atoms with E-state index in [2.05, 4.69) is 68.1 Å². The number of aryl methyl sites for hydroxylation is 2. The molecule has 0 N–H and O–H groups in total. The van der Waals surface area contributed by atoms with Crippen LogP contribution in [0.1, 0.15) is 55.4 Å². The number of anilines is 2. The van der Waals surface area contributed by atoms with Crippen LogP contribution in [0.3, 0.4) is 0 Å². The van der Waals surface area contributed by atoms with E-state index in [-0.39, 0.29) is 17.6 Å². The van der Waals surface area contributed by atoms with Crippen molar-refractivity contribution in [2.75, 3.05) is 68.8 Å². The molecule has 0 radical (unpaired) electrons. The van der Waals surface area contributed by atoms with Gasteiger partial charge < -0.3 is 29.1 Å². The van der Waals surface area contributed by atoms with E-state index < -0.39 is 5.60 Å². The fraction of sp³-hybridized carbons (Fsp3) is 0.500. The average molecular weight is 810 g/mol. The number of carbonyl (C=O) groups excluding carboxylic acids is 2. The monoisotopic (exact) mass is 809 g/mol. The number of rotatable bonds is 5. The van der Waals surface area contributed by atoms with Crippen LogP contribution in [0.2, 0.25) is 0 Å². The van der Waals surface area contributed by atoms with Crippen LogP contribution < -0.4 is 9.80 Å². The number of nitrogens with zero attached hydrogens (tertiary/aromatic N) is 13. The summed E-state index contributed by atoms with van der Waals surface area (Å²) in [5, 5.41) is 17.4. The molecular weight excluding hydrogens is 751 g/mol. The predicted octanol–water partition coefficient (Wildman–Crippen LogP) is 6.25. The molecule has 8 rings (SSSR count). The highest BCUT2D eigenvalue weighted by Crippen LogP contribution is 2.28. The third kappa shape index (κ3) is 10.5. The van der Waals surface area contributed by atoms with Gasteiger partial charge in [-0.3, -0.25) is 9.36 Å². The lowest BCUT2D eigenvalue weighted by Crippen LogP contribution is -2.50. The van der Waals surface area contributed by atoms with Gasteiger partial charge in [-0.25, -0.2) is 23.6 Å². The molecule has 0 spiro atoms. The first-order chi connectivity index (χ1) is 28.1. The molecule has 2 fully saturated rings. The van der Waals surface area contributed by atoms with Crippen LogP contribution in [0.5, 0.6) is 0 Å². The summed E-state index contributed by atoms with van der Waals surface area (Å²) in [6.07, 6.45) is 16.7. The van der Waals surface area contributed by atoms with Gasteiger partial charge in [0.1, 0.15) is 11.3 Å². The van der Waals surface area contributed by atoms with Crippen LogP contribution in [0.25, 0.3) is 33.4 Å². The van der Waals surface area contributed by atoms with E-state index in [9.17, 15) is 9.59 Å². The molecule has 2 aliphatic rings. The van der Waals surface area contributed by atoms with Crippen molar-refractivity contribution >= 4 is 34.7 Å². The van der Waals surface area contributed by atoms with Gasteiger partial charge in [0.25, 0.3) is 0 Å². The summed E-state index contributed by atoms with van der Waals surface area (Å²) in [6, 6.07) is 4.19. The van der Waals surface area contributed by atoms with Crippen molar-refractivity contribution in [2.45, 2.75) is 61.0 Å². The second-order valence-corrected chi connectivity index (χ2v) is 16.8. The van der Waals surface area contributed by atoms with Crippen molar-refractivity contribution in [3.63, 3.8) is 0 Å². The van der Waals surface area contributed by atoms with E-state index in [4.69, 9.17) is 9.47 Å². The SMILES string of the molecule is CC.Cn1cc(-c2ccc3c(N4CCN(C(=O)OCC(C)(C)C)CC4)cnn3c2)cn1.Cn1cc(-c2cnc3c(N4CCN(C(=O)OC(C)(C)C)CC4)cnn3c2)cn1. The Hall–Kier alpha value is -6.13. The maximum Gasteiger partial charge on any atom is 0.410 e. The summed E-state index contributed by atoms with van der Waals surface area (Å²) in [5.41, 5.74) is 7.52. The van der Waals surface area contributed by atoms with Crippen molar-refractivity contribution < 1.29 is 19.1 Å². The number of ether oxygens (including phenoxy) is 2. The number of hydrogen-bond acceptors (Lipinski definition) is 11. The third-order valence-corrected chi connectivity index (χ3v) is 9.69. The van der Waals surface area contributed by atoms with Crippen LogP contribution in [-0.4, -0.2) is 130 Å². The Balaban J connectivity index is 0.000000191. The number of hydrogen-bond donors (Lipinski definition) is 0. The van der Waals surface area contributed by atoms with Crippen LogP contribution in [0.4, 0.5) is 21.0 Å². The molecule has 0 atom stereocenters. The summed E-state index contributed by atoms with van der Waals surface area (Å²) in [6.45, 7) is 21.7. The van der Waals surface area contributed by atoms with Crippen LogP contribution in [-0.2, 0) is 23.6 Å². The standard InChI is InChI=1S/C21H28N6O2.C19H25N7O2.C2H6/c1-21(2,3)15-29-20(28)26-9-7-25(8-10-26)19-12-23-27-14-16(5-6-18(19)27)17-11-22-24(4)13-17;1-19(2,3)28-18(27)25-7-5-24(6-8-25)16-11-22-26-13-14(9-20-17(16)26)15-10-21-23(4)12-15;1-2/h5-6,11-14H,7-10,15H2,1-4H3;9-13H,5-8H2,1-4H3;1-2H3. The van der Waals surface area contributed by atoms with Gasteiger partial charge in [0.15, 0.2) is 5.65 Å². The molecule has 59 heavy (non-hydrogen) atoms. The van der Waals surface area contributed by atoms with E-state index >= 15 is 0 Å². The quantitative estimate of drug-likeness (QED) is 0.195. The maximum atomic E-state index is 12.3. The number of piperazine rings is 2.